The normalized spacial score (nSPS) is 21.2. The van der Waals surface area contributed by atoms with Crippen LogP contribution in [-0.4, -0.2) is 6.54 Å². The zero-order valence-electron chi connectivity index (χ0n) is 8.22. The molecule has 2 rings (SSSR count). The molecule has 1 aliphatic heterocycles. The summed E-state index contributed by atoms with van der Waals surface area (Å²) in [7, 11) is 0. The molecule has 0 radical (unpaired) electrons. The van der Waals surface area contributed by atoms with Crippen LogP contribution >= 0.6 is 0 Å². The van der Waals surface area contributed by atoms with Crippen LogP contribution in [-0.2, 0) is 6.42 Å². The number of fused-ring (bicyclic) bond motifs is 1. The molecule has 1 aliphatic rings. The highest BCUT2D eigenvalue weighted by Gasteiger charge is 2.17. The summed E-state index contributed by atoms with van der Waals surface area (Å²) < 4.78 is 0. The van der Waals surface area contributed by atoms with E-state index in [1.807, 2.05) is 0 Å². The van der Waals surface area contributed by atoms with Gasteiger partial charge in [-0.2, -0.15) is 0 Å². The molecular formula is C12H17N. The Bertz CT molecular complexity index is 280. The molecule has 0 saturated heterocycles. The van der Waals surface area contributed by atoms with Crippen LogP contribution in [0.15, 0.2) is 24.3 Å². The third-order valence-electron chi connectivity index (χ3n) is 2.79. The van der Waals surface area contributed by atoms with Crippen molar-refractivity contribution in [2.45, 2.75) is 32.2 Å². The van der Waals surface area contributed by atoms with Gasteiger partial charge in [0.25, 0.3) is 0 Å². The van der Waals surface area contributed by atoms with E-state index >= 15 is 0 Å². The molecule has 0 aliphatic carbocycles. The SMILES string of the molecule is CCC[C@@H]1NCCc2ccccc21. The molecule has 1 heterocycles. The van der Waals surface area contributed by atoms with Crippen LogP contribution in [0.4, 0.5) is 0 Å². The van der Waals surface area contributed by atoms with E-state index in [0.717, 1.165) is 6.54 Å². The van der Waals surface area contributed by atoms with Crippen molar-refractivity contribution in [3.63, 3.8) is 0 Å². The Hall–Kier alpha value is -0.820. The summed E-state index contributed by atoms with van der Waals surface area (Å²) in [4.78, 5) is 0. The Kier molecular flexibility index (Phi) is 2.65. The summed E-state index contributed by atoms with van der Waals surface area (Å²) in [5.74, 6) is 0. The first kappa shape index (κ1) is 8.76. The van der Waals surface area contributed by atoms with Gasteiger partial charge in [0.15, 0.2) is 0 Å². The Balaban J connectivity index is 2.26. The van der Waals surface area contributed by atoms with Gasteiger partial charge in [-0.25, -0.2) is 0 Å². The van der Waals surface area contributed by atoms with Crippen LogP contribution in [0.2, 0.25) is 0 Å². The monoisotopic (exact) mass is 175 g/mol. The maximum Gasteiger partial charge on any atom is 0.0323 e. The highest BCUT2D eigenvalue weighted by Crippen LogP contribution is 2.25. The van der Waals surface area contributed by atoms with Crippen LogP contribution in [0.25, 0.3) is 0 Å². The average Bonchev–Trinajstić information content (AvgIpc) is 2.19. The Morgan fingerprint density at radius 3 is 3.08 bits per heavy atom. The van der Waals surface area contributed by atoms with Crippen molar-refractivity contribution in [2.24, 2.45) is 0 Å². The number of rotatable bonds is 2. The van der Waals surface area contributed by atoms with E-state index in [2.05, 4.69) is 36.5 Å². The lowest BCUT2D eigenvalue weighted by Gasteiger charge is -2.26. The summed E-state index contributed by atoms with van der Waals surface area (Å²) >= 11 is 0. The quantitative estimate of drug-likeness (QED) is 0.728. The van der Waals surface area contributed by atoms with Crippen molar-refractivity contribution in [1.29, 1.82) is 0 Å². The molecule has 0 unspecified atom stereocenters. The second-order valence-corrected chi connectivity index (χ2v) is 3.74. The lowest BCUT2D eigenvalue weighted by atomic mass is 9.92. The standard InChI is InChI=1S/C12H17N/c1-2-5-12-11-7-4-3-6-10(11)8-9-13-12/h3-4,6-7,12-13H,2,5,8-9H2,1H3/t12-/m0/s1. The molecule has 1 aromatic rings. The topological polar surface area (TPSA) is 12.0 Å². The fourth-order valence-corrected chi connectivity index (χ4v) is 2.14. The summed E-state index contributed by atoms with van der Waals surface area (Å²) in [6.45, 7) is 3.39. The van der Waals surface area contributed by atoms with Gasteiger partial charge in [-0.15, -0.1) is 0 Å². The van der Waals surface area contributed by atoms with Gasteiger partial charge in [0.2, 0.25) is 0 Å². The third kappa shape index (κ3) is 1.75. The first-order valence-corrected chi connectivity index (χ1v) is 5.23. The van der Waals surface area contributed by atoms with Crippen LogP contribution in [0, 0.1) is 0 Å². The van der Waals surface area contributed by atoms with E-state index in [0.29, 0.717) is 6.04 Å². The molecule has 0 spiro atoms. The molecule has 0 bridgehead atoms. The maximum atomic E-state index is 3.58. The Morgan fingerprint density at radius 2 is 2.23 bits per heavy atom. The fourth-order valence-electron chi connectivity index (χ4n) is 2.14. The minimum atomic E-state index is 0.606. The van der Waals surface area contributed by atoms with Gasteiger partial charge in [0.1, 0.15) is 0 Å². The van der Waals surface area contributed by atoms with Crippen LogP contribution in [0.5, 0.6) is 0 Å². The third-order valence-corrected chi connectivity index (χ3v) is 2.79. The minimum Gasteiger partial charge on any atom is -0.310 e. The molecule has 0 amide bonds. The molecule has 70 valence electrons. The Labute approximate surface area is 80.2 Å². The first-order chi connectivity index (χ1) is 6.42. The smallest absolute Gasteiger partial charge is 0.0323 e. The molecule has 13 heavy (non-hydrogen) atoms. The number of nitrogens with one attached hydrogen (secondary N) is 1. The highest BCUT2D eigenvalue weighted by molar-refractivity contribution is 5.32. The number of hydrogen-bond acceptors (Lipinski definition) is 1. The number of hydrogen-bond donors (Lipinski definition) is 1. The van der Waals surface area contributed by atoms with Crippen molar-refractivity contribution < 1.29 is 0 Å². The molecule has 0 aromatic heterocycles. The van der Waals surface area contributed by atoms with Crippen LogP contribution in [0.1, 0.15) is 36.9 Å². The van der Waals surface area contributed by atoms with Crippen LogP contribution < -0.4 is 5.32 Å². The lowest BCUT2D eigenvalue weighted by molar-refractivity contribution is 0.471. The summed E-state index contributed by atoms with van der Waals surface area (Å²) in [5.41, 5.74) is 3.07. The predicted molar refractivity (Wildman–Crippen MR) is 55.8 cm³/mol. The lowest BCUT2D eigenvalue weighted by Crippen LogP contribution is -2.29. The molecular weight excluding hydrogens is 158 g/mol. The van der Waals surface area contributed by atoms with E-state index in [1.54, 1.807) is 5.56 Å². The number of benzene rings is 1. The molecule has 0 saturated carbocycles. The molecule has 0 fully saturated rings. The maximum absolute atomic E-state index is 3.58. The van der Waals surface area contributed by atoms with Gasteiger partial charge in [-0.1, -0.05) is 37.6 Å². The molecule has 1 nitrogen and oxygen atoms in total. The van der Waals surface area contributed by atoms with Crippen molar-refractivity contribution in [3.8, 4) is 0 Å². The van der Waals surface area contributed by atoms with E-state index in [-0.39, 0.29) is 0 Å². The molecule has 1 heteroatoms. The van der Waals surface area contributed by atoms with Gasteiger partial charge < -0.3 is 5.32 Å². The first-order valence-electron chi connectivity index (χ1n) is 5.23. The van der Waals surface area contributed by atoms with E-state index in [1.165, 1.54) is 24.8 Å². The van der Waals surface area contributed by atoms with E-state index in [9.17, 15) is 0 Å². The minimum absolute atomic E-state index is 0.606. The van der Waals surface area contributed by atoms with Gasteiger partial charge >= 0.3 is 0 Å². The zero-order valence-corrected chi connectivity index (χ0v) is 8.22. The molecule has 1 aromatic carbocycles. The van der Waals surface area contributed by atoms with E-state index < -0.39 is 0 Å². The van der Waals surface area contributed by atoms with Crippen molar-refractivity contribution in [2.75, 3.05) is 6.54 Å². The summed E-state index contributed by atoms with van der Waals surface area (Å²) in [6, 6.07) is 9.43. The van der Waals surface area contributed by atoms with Crippen molar-refractivity contribution in [3.05, 3.63) is 35.4 Å². The van der Waals surface area contributed by atoms with Crippen molar-refractivity contribution in [1.82, 2.24) is 5.32 Å². The highest BCUT2D eigenvalue weighted by atomic mass is 14.9. The van der Waals surface area contributed by atoms with Crippen molar-refractivity contribution >= 4 is 0 Å². The summed E-state index contributed by atoms with van der Waals surface area (Å²) in [5, 5.41) is 3.58. The molecule has 1 atom stereocenters. The predicted octanol–water partition coefficient (Wildman–Crippen LogP) is 2.67. The summed E-state index contributed by atoms with van der Waals surface area (Å²) in [6.07, 6.45) is 3.71. The Morgan fingerprint density at radius 1 is 1.38 bits per heavy atom. The van der Waals surface area contributed by atoms with Crippen LogP contribution in [0.3, 0.4) is 0 Å². The second-order valence-electron chi connectivity index (χ2n) is 3.74. The van der Waals surface area contributed by atoms with Gasteiger partial charge in [-0.05, 0) is 30.5 Å². The molecule has 1 N–H and O–H groups in total. The van der Waals surface area contributed by atoms with Gasteiger partial charge in [0.05, 0.1) is 0 Å². The van der Waals surface area contributed by atoms with Gasteiger partial charge in [-0.3, -0.25) is 0 Å². The largest absolute Gasteiger partial charge is 0.310 e. The fraction of sp³-hybridized carbons (Fsp3) is 0.500. The van der Waals surface area contributed by atoms with E-state index in [4.69, 9.17) is 0 Å². The average molecular weight is 175 g/mol. The zero-order chi connectivity index (χ0) is 9.10. The van der Waals surface area contributed by atoms with Gasteiger partial charge in [0, 0.05) is 6.04 Å². The second kappa shape index (κ2) is 3.93.